The number of hydrogen-bond acceptors (Lipinski definition) is 6. The molecule has 0 aromatic heterocycles. The fraction of sp³-hybridized carbons (Fsp3) is 0. The molecule has 0 radical (unpaired) electrons. The number of halogens is 2. The highest BCUT2D eigenvalue weighted by Gasteiger charge is 2.31. The van der Waals surface area contributed by atoms with Crippen LogP contribution >= 0.6 is 0 Å². The van der Waals surface area contributed by atoms with E-state index in [1.54, 1.807) is 0 Å². The smallest absolute Gasteiger partial charge is 0.282 e. The molecule has 0 aliphatic heterocycles. The first-order chi connectivity index (χ1) is 11.2. The molecular weight excluding hydrogens is 406 g/mol. The predicted octanol–water partition coefficient (Wildman–Crippen LogP) is 1.29. The molecule has 2 aromatic carbocycles. The van der Waals surface area contributed by atoms with E-state index >= 15 is 0 Å². The lowest BCUT2D eigenvalue weighted by Crippen LogP contribution is -2.12. The first-order valence-electron chi connectivity index (χ1n) is 6.04. The Kier molecular flexibility index (Phi) is 4.73. The van der Waals surface area contributed by atoms with Gasteiger partial charge in [-0.25, -0.2) is 17.2 Å². The maximum atomic E-state index is 13.8. The maximum absolute atomic E-state index is 13.8. The molecule has 0 spiro atoms. The van der Waals surface area contributed by atoms with Crippen LogP contribution in [0.2, 0.25) is 0 Å². The van der Waals surface area contributed by atoms with Gasteiger partial charge in [0, 0.05) is 6.07 Å². The van der Waals surface area contributed by atoms with Crippen LogP contribution < -0.4 is 0 Å². The highest BCUT2D eigenvalue weighted by atomic mass is 32.2. The van der Waals surface area contributed by atoms with Crippen LogP contribution in [0.5, 0.6) is 0 Å². The molecule has 13 heteroatoms. The minimum absolute atomic E-state index is 0.193. The van der Waals surface area contributed by atoms with Gasteiger partial charge in [-0.05, 0) is 30.3 Å². The van der Waals surface area contributed by atoms with Gasteiger partial charge in [-0.1, -0.05) is 0 Å². The summed E-state index contributed by atoms with van der Waals surface area (Å²) in [7, 11) is -15.1. The average Bonchev–Trinajstić information content (AvgIpc) is 2.44. The normalized spacial score (nSPS) is 13.0. The molecule has 0 saturated heterocycles. The molecule has 0 saturated carbocycles. The van der Waals surface area contributed by atoms with E-state index in [9.17, 15) is 34.0 Å². The summed E-state index contributed by atoms with van der Waals surface area (Å²) in [6, 6.07) is 2.56. The third-order valence-electron chi connectivity index (χ3n) is 2.96. The Morgan fingerprint density at radius 3 is 1.72 bits per heavy atom. The van der Waals surface area contributed by atoms with E-state index in [4.69, 9.17) is 9.11 Å². The second-order valence-corrected chi connectivity index (χ2v) is 9.33. The van der Waals surface area contributed by atoms with Crippen LogP contribution in [0.15, 0.2) is 56.0 Å². The summed E-state index contributed by atoms with van der Waals surface area (Å²) < 4.78 is 115. The first kappa shape index (κ1) is 19.4. The van der Waals surface area contributed by atoms with Crippen molar-refractivity contribution in [3.05, 3.63) is 48.0 Å². The first-order valence-corrected chi connectivity index (χ1v) is 10.4. The lowest BCUT2D eigenvalue weighted by molar-refractivity contribution is 0.477. The maximum Gasteiger partial charge on any atom is 0.295 e. The molecular formula is C12H8F2O8S3. The van der Waals surface area contributed by atoms with Gasteiger partial charge in [0.05, 0.1) is 9.79 Å². The zero-order valence-corrected chi connectivity index (χ0v) is 14.2. The summed E-state index contributed by atoms with van der Waals surface area (Å²) >= 11 is 0. The Bertz CT molecular complexity index is 1170. The summed E-state index contributed by atoms with van der Waals surface area (Å²) in [6.45, 7) is 0. The quantitative estimate of drug-likeness (QED) is 0.563. The van der Waals surface area contributed by atoms with Gasteiger partial charge in [0.2, 0.25) is 9.84 Å². The van der Waals surface area contributed by atoms with Crippen molar-refractivity contribution in [2.24, 2.45) is 0 Å². The van der Waals surface area contributed by atoms with E-state index in [0.717, 1.165) is 0 Å². The minimum atomic E-state index is -5.28. The largest absolute Gasteiger partial charge is 0.295 e. The summed E-state index contributed by atoms with van der Waals surface area (Å²) in [6.07, 6.45) is 0. The lowest BCUT2D eigenvalue weighted by Gasteiger charge is -2.10. The van der Waals surface area contributed by atoms with Gasteiger partial charge in [-0.3, -0.25) is 9.11 Å². The molecule has 0 heterocycles. The summed E-state index contributed by atoms with van der Waals surface area (Å²) in [5.41, 5.74) is 0. The van der Waals surface area contributed by atoms with Crippen LogP contribution in [0.3, 0.4) is 0 Å². The molecule has 2 aromatic rings. The zero-order chi connectivity index (χ0) is 19.2. The lowest BCUT2D eigenvalue weighted by atomic mass is 10.3. The summed E-state index contributed by atoms with van der Waals surface area (Å²) in [5.74, 6) is -2.62. The molecule has 0 aliphatic carbocycles. The van der Waals surface area contributed by atoms with Gasteiger partial charge < -0.3 is 0 Å². The standard InChI is InChI=1S/C12H8F2O8S3/c13-7-1-3-10(9(14)5-7)23(15,16)11-4-2-8(24(17,18)19)6-12(11)25(20,21)22/h1-6H,(H,17,18,19)(H,20,21,22). The Morgan fingerprint density at radius 2 is 1.24 bits per heavy atom. The van der Waals surface area contributed by atoms with Crippen LogP contribution in [-0.4, -0.2) is 34.4 Å². The van der Waals surface area contributed by atoms with E-state index in [-0.39, 0.29) is 12.1 Å². The predicted molar refractivity (Wildman–Crippen MR) is 77.9 cm³/mol. The van der Waals surface area contributed by atoms with Crippen molar-refractivity contribution in [3.8, 4) is 0 Å². The Morgan fingerprint density at radius 1 is 0.680 bits per heavy atom. The highest BCUT2D eigenvalue weighted by molar-refractivity contribution is 7.93. The molecule has 0 atom stereocenters. The highest BCUT2D eigenvalue weighted by Crippen LogP contribution is 2.30. The van der Waals surface area contributed by atoms with E-state index in [1.807, 2.05) is 0 Å². The van der Waals surface area contributed by atoms with E-state index in [2.05, 4.69) is 0 Å². The minimum Gasteiger partial charge on any atom is -0.282 e. The molecule has 2 N–H and O–H groups in total. The second-order valence-electron chi connectivity index (χ2n) is 4.64. The molecule has 0 bridgehead atoms. The number of hydrogen-bond donors (Lipinski definition) is 2. The van der Waals surface area contributed by atoms with Crippen molar-refractivity contribution in [2.45, 2.75) is 19.6 Å². The molecule has 0 amide bonds. The SMILES string of the molecule is O=S(=O)(O)c1ccc(S(=O)(=O)c2ccc(F)cc2F)c(S(=O)(=O)O)c1. The average molecular weight is 414 g/mol. The Balaban J connectivity index is 2.86. The zero-order valence-electron chi connectivity index (χ0n) is 11.8. The summed E-state index contributed by atoms with van der Waals surface area (Å²) in [4.78, 5) is -4.67. The van der Waals surface area contributed by atoms with Gasteiger partial charge in [-0.15, -0.1) is 0 Å². The van der Waals surface area contributed by atoms with Crippen LogP contribution in [0.4, 0.5) is 8.78 Å². The van der Waals surface area contributed by atoms with Crippen LogP contribution in [-0.2, 0) is 30.1 Å². The van der Waals surface area contributed by atoms with Crippen molar-refractivity contribution in [2.75, 3.05) is 0 Å². The van der Waals surface area contributed by atoms with Gasteiger partial charge in [0.25, 0.3) is 20.2 Å². The van der Waals surface area contributed by atoms with Gasteiger partial charge in [0.1, 0.15) is 21.4 Å². The number of rotatable bonds is 4. The Hall–Kier alpha value is -1.93. The van der Waals surface area contributed by atoms with E-state index < -0.39 is 61.3 Å². The van der Waals surface area contributed by atoms with Crippen molar-refractivity contribution in [1.29, 1.82) is 0 Å². The van der Waals surface area contributed by atoms with E-state index in [1.165, 1.54) is 0 Å². The summed E-state index contributed by atoms with van der Waals surface area (Å²) in [5, 5.41) is 0. The molecule has 136 valence electrons. The van der Waals surface area contributed by atoms with Crippen molar-refractivity contribution >= 4 is 30.1 Å². The van der Waals surface area contributed by atoms with Gasteiger partial charge in [-0.2, -0.15) is 16.8 Å². The Labute approximate surface area is 141 Å². The number of sulfone groups is 1. The third-order valence-corrected chi connectivity index (χ3v) is 6.68. The number of benzene rings is 2. The third kappa shape index (κ3) is 3.85. The van der Waals surface area contributed by atoms with E-state index in [0.29, 0.717) is 24.3 Å². The fourth-order valence-corrected chi connectivity index (χ4v) is 5.08. The molecule has 0 fully saturated rings. The van der Waals surface area contributed by atoms with Crippen LogP contribution in [0.1, 0.15) is 0 Å². The van der Waals surface area contributed by atoms with Crippen molar-refractivity contribution in [1.82, 2.24) is 0 Å². The topological polar surface area (TPSA) is 143 Å². The van der Waals surface area contributed by atoms with Crippen molar-refractivity contribution < 1.29 is 43.1 Å². The van der Waals surface area contributed by atoms with Crippen LogP contribution in [0.25, 0.3) is 0 Å². The second kappa shape index (κ2) is 6.10. The molecule has 0 unspecified atom stereocenters. The molecule has 8 nitrogen and oxygen atoms in total. The van der Waals surface area contributed by atoms with Crippen LogP contribution in [0, 0.1) is 11.6 Å². The fourth-order valence-electron chi connectivity index (χ4n) is 1.88. The molecule has 25 heavy (non-hydrogen) atoms. The van der Waals surface area contributed by atoms with Crippen molar-refractivity contribution in [3.63, 3.8) is 0 Å². The molecule has 2 rings (SSSR count). The molecule has 0 aliphatic rings. The van der Waals surface area contributed by atoms with Gasteiger partial charge >= 0.3 is 0 Å². The van der Waals surface area contributed by atoms with Gasteiger partial charge in [0.15, 0.2) is 0 Å². The monoisotopic (exact) mass is 414 g/mol.